The molecule has 18 heavy (non-hydrogen) atoms. The van der Waals surface area contributed by atoms with Crippen LogP contribution >= 0.6 is 11.8 Å². The molecule has 0 aliphatic rings. The predicted molar refractivity (Wildman–Crippen MR) is 90.3 cm³/mol. The quantitative estimate of drug-likeness (QED) is 0.799. The van der Waals surface area contributed by atoms with Crippen molar-refractivity contribution in [3.8, 4) is 0 Å². The summed E-state index contributed by atoms with van der Waals surface area (Å²) < 4.78 is 0. The Kier molecular flexibility index (Phi) is 32.0. The van der Waals surface area contributed by atoms with Crippen molar-refractivity contribution in [3.63, 3.8) is 0 Å². The predicted octanol–water partition coefficient (Wildman–Crippen LogP) is 5.35. The molecule has 0 saturated carbocycles. The monoisotopic (exact) mass is 271 g/mol. The molecule has 0 spiro atoms. The summed E-state index contributed by atoms with van der Waals surface area (Å²) >= 11 is 1.96. The van der Waals surface area contributed by atoms with Crippen molar-refractivity contribution in [2.45, 2.75) is 53.7 Å². The molecule has 0 saturated heterocycles. The van der Waals surface area contributed by atoms with Gasteiger partial charge in [-0.25, -0.2) is 0 Å². The van der Waals surface area contributed by atoms with Gasteiger partial charge in [-0.15, -0.1) is 0 Å². The van der Waals surface area contributed by atoms with Crippen molar-refractivity contribution < 1.29 is 0 Å². The van der Waals surface area contributed by atoms with E-state index >= 15 is 0 Å². The van der Waals surface area contributed by atoms with E-state index in [0.717, 1.165) is 18.7 Å². The van der Waals surface area contributed by atoms with Gasteiger partial charge < -0.3 is 5.73 Å². The van der Waals surface area contributed by atoms with Gasteiger partial charge >= 0.3 is 0 Å². The molecule has 0 aliphatic heterocycles. The molecule has 0 heterocycles. The molecular weight excluding hydrogens is 238 g/mol. The van der Waals surface area contributed by atoms with Crippen molar-refractivity contribution in [2.75, 3.05) is 12.3 Å². The van der Waals surface area contributed by atoms with Crippen molar-refractivity contribution in [2.24, 2.45) is 5.73 Å². The second-order valence-electron chi connectivity index (χ2n) is 2.91. The summed E-state index contributed by atoms with van der Waals surface area (Å²) in [6.07, 6.45) is 1.10. The molecule has 0 radical (unpaired) electrons. The summed E-state index contributed by atoms with van der Waals surface area (Å²) in [6.45, 7) is 13.1. The third-order valence-corrected chi connectivity index (χ3v) is 2.55. The van der Waals surface area contributed by atoms with E-state index in [-0.39, 0.29) is 0 Å². The van der Waals surface area contributed by atoms with Crippen LogP contribution in [0.15, 0.2) is 30.3 Å². The van der Waals surface area contributed by atoms with Gasteiger partial charge in [0.25, 0.3) is 0 Å². The van der Waals surface area contributed by atoms with Gasteiger partial charge in [0.05, 0.1) is 0 Å². The van der Waals surface area contributed by atoms with Crippen LogP contribution < -0.4 is 5.73 Å². The van der Waals surface area contributed by atoms with Crippen molar-refractivity contribution in [3.05, 3.63) is 35.9 Å². The highest BCUT2D eigenvalue weighted by Gasteiger charge is 1.87. The molecule has 108 valence electrons. The van der Waals surface area contributed by atoms with Crippen LogP contribution in [-0.4, -0.2) is 12.3 Å². The van der Waals surface area contributed by atoms with Gasteiger partial charge in [0.15, 0.2) is 0 Å². The second-order valence-corrected chi connectivity index (χ2v) is 4.19. The lowest BCUT2D eigenvalue weighted by molar-refractivity contribution is 0.932. The smallest absolute Gasteiger partial charge is 0.0184 e. The molecule has 0 unspecified atom stereocenters. The van der Waals surface area contributed by atoms with Crippen LogP contribution in [0.25, 0.3) is 0 Å². The number of thioether (sulfide) groups is 1. The number of rotatable bonds is 4. The number of hydrogen-bond acceptors (Lipinski definition) is 2. The summed E-state index contributed by atoms with van der Waals surface area (Å²) in [5, 5.41) is 0. The van der Waals surface area contributed by atoms with Gasteiger partial charge in [-0.2, -0.15) is 11.8 Å². The summed E-state index contributed by atoms with van der Waals surface area (Å²) in [7, 11) is 0. The van der Waals surface area contributed by atoms with Crippen molar-refractivity contribution >= 4 is 11.8 Å². The minimum atomic E-state index is 0.819. The van der Waals surface area contributed by atoms with Crippen LogP contribution in [0, 0.1) is 0 Å². The maximum absolute atomic E-state index is 5.03. The van der Waals surface area contributed by atoms with E-state index in [9.17, 15) is 0 Å². The third-order valence-electron chi connectivity index (χ3n) is 1.60. The molecule has 2 N–H and O–H groups in total. The molecular formula is C16H33NS. The normalized spacial score (nSPS) is 7.72. The Bertz CT molecular complexity index is 198. The summed E-state index contributed by atoms with van der Waals surface area (Å²) in [6, 6.07) is 10.6. The molecule has 1 nitrogen and oxygen atoms in total. The zero-order chi connectivity index (χ0) is 14.6. The fraction of sp³-hybridized carbons (Fsp3) is 0.625. The topological polar surface area (TPSA) is 26.0 Å². The van der Waals surface area contributed by atoms with Crippen molar-refractivity contribution in [1.82, 2.24) is 0 Å². The van der Waals surface area contributed by atoms with E-state index < -0.39 is 0 Å². The Morgan fingerprint density at radius 2 is 1.39 bits per heavy atom. The highest BCUT2D eigenvalue weighted by Crippen LogP contribution is 2.09. The molecule has 0 fully saturated rings. The zero-order valence-electron chi connectivity index (χ0n) is 13.2. The summed E-state index contributed by atoms with van der Waals surface area (Å²) in [4.78, 5) is 0. The lowest BCUT2D eigenvalue weighted by atomic mass is 10.2. The van der Waals surface area contributed by atoms with Gasteiger partial charge in [-0.3, -0.25) is 0 Å². The van der Waals surface area contributed by atoms with Gasteiger partial charge in [0.1, 0.15) is 0 Å². The first-order valence-electron chi connectivity index (χ1n) is 7.16. The largest absolute Gasteiger partial charge is 0.330 e. The van der Waals surface area contributed by atoms with E-state index in [1.54, 1.807) is 0 Å². The Balaban J connectivity index is -0.000000238. The molecule has 1 aromatic rings. The first-order valence-corrected chi connectivity index (χ1v) is 8.32. The SMILES string of the molecule is CC.CC.CCCN.CCSCc1ccccc1. The summed E-state index contributed by atoms with van der Waals surface area (Å²) in [5.74, 6) is 2.35. The van der Waals surface area contributed by atoms with Crippen LogP contribution in [0.5, 0.6) is 0 Å². The van der Waals surface area contributed by atoms with Crippen LogP contribution in [-0.2, 0) is 5.75 Å². The highest BCUT2D eigenvalue weighted by molar-refractivity contribution is 7.98. The number of nitrogens with two attached hydrogens (primary N) is 1. The minimum Gasteiger partial charge on any atom is -0.330 e. The first-order chi connectivity index (χ1) is 8.85. The van der Waals surface area contributed by atoms with E-state index in [1.165, 1.54) is 11.3 Å². The Morgan fingerprint density at radius 1 is 0.944 bits per heavy atom. The van der Waals surface area contributed by atoms with Crippen LogP contribution in [0.1, 0.15) is 53.5 Å². The number of hydrogen-bond donors (Lipinski definition) is 1. The Morgan fingerprint density at radius 3 is 1.72 bits per heavy atom. The fourth-order valence-corrected chi connectivity index (χ4v) is 1.43. The van der Waals surface area contributed by atoms with Gasteiger partial charge in [-0.1, -0.05) is 71.9 Å². The Labute approximate surface area is 120 Å². The molecule has 0 atom stereocenters. The molecule has 1 rings (SSSR count). The minimum absolute atomic E-state index is 0.819. The van der Waals surface area contributed by atoms with E-state index in [0.29, 0.717) is 0 Å². The molecule has 0 amide bonds. The highest BCUT2D eigenvalue weighted by atomic mass is 32.2. The average molecular weight is 272 g/mol. The van der Waals surface area contributed by atoms with Crippen molar-refractivity contribution in [1.29, 1.82) is 0 Å². The average Bonchev–Trinajstić information content (AvgIpc) is 2.50. The molecule has 2 heteroatoms. The standard InChI is InChI=1S/C9H12S.C3H9N.2C2H6/c1-2-10-8-9-6-4-3-5-7-9;1-2-3-4;2*1-2/h3-7H,2,8H2,1H3;2-4H2,1H3;2*1-2H3. The fourth-order valence-electron chi connectivity index (χ4n) is 0.794. The molecule has 1 aromatic carbocycles. The molecule has 0 bridgehead atoms. The number of benzene rings is 1. The third kappa shape index (κ3) is 20.9. The molecule has 0 aliphatic carbocycles. The van der Waals surface area contributed by atoms with Gasteiger partial charge in [0.2, 0.25) is 0 Å². The zero-order valence-corrected chi connectivity index (χ0v) is 14.0. The van der Waals surface area contributed by atoms with E-state index in [4.69, 9.17) is 5.73 Å². The molecule has 0 aromatic heterocycles. The second kappa shape index (κ2) is 25.4. The van der Waals surface area contributed by atoms with E-state index in [2.05, 4.69) is 44.2 Å². The van der Waals surface area contributed by atoms with Gasteiger partial charge in [0, 0.05) is 5.75 Å². The maximum Gasteiger partial charge on any atom is 0.0184 e. The lowest BCUT2D eigenvalue weighted by Gasteiger charge is -1.96. The summed E-state index contributed by atoms with van der Waals surface area (Å²) in [5.41, 5.74) is 6.45. The first kappa shape index (κ1) is 22.7. The lowest BCUT2D eigenvalue weighted by Crippen LogP contribution is -1.93. The Hall–Kier alpha value is -0.470. The van der Waals surface area contributed by atoms with Crippen LogP contribution in [0.2, 0.25) is 0 Å². The van der Waals surface area contributed by atoms with Gasteiger partial charge in [-0.05, 0) is 24.3 Å². The van der Waals surface area contributed by atoms with Crippen LogP contribution in [0.4, 0.5) is 0 Å². The van der Waals surface area contributed by atoms with Crippen LogP contribution in [0.3, 0.4) is 0 Å². The van der Waals surface area contributed by atoms with E-state index in [1.807, 2.05) is 39.5 Å². The maximum atomic E-state index is 5.03.